The van der Waals surface area contributed by atoms with Crippen molar-refractivity contribution in [2.24, 2.45) is 0 Å². The quantitative estimate of drug-likeness (QED) is 0.347. The molecule has 4 nitrogen and oxygen atoms in total. The Labute approximate surface area is 180 Å². The summed E-state index contributed by atoms with van der Waals surface area (Å²) in [6, 6.07) is 12.5. The number of hydrogen-bond acceptors (Lipinski definition) is 2. The Bertz CT molecular complexity index is 808. The molecule has 30 heavy (non-hydrogen) atoms. The van der Waals surface area contributed by atoms with E-state index in [1.165, 1.54) is 50.3 Å². The van der Waals surface area contributed by atoms with E-state index < -0.39 is 11.9 Å². The minimum Gasteiger partial charge on any atom is -0.478 e. The molecule has 0 amide bonds. The van der Waals surface area contributed by atoms with Gasteiger partial charge in [-0.25, -0.2) is 9.59 Å². The Morgan fingerprint density at radius 3 is 1.87 bits per heavy atom. The van der Waals surface area contributed by atoms with Gasteiger partial charge in [0.25, 0.3) is 0 Å². The number of benzene rings is 2. The van der Waals surface area contributed by atoms with Gasteiger partial charge in [-0.2, -0.15) is 0 Å². The third kappa shape index (κ3) is 6.72. The fourth-order valence-electron chi connectivity index (χ4n) is 4.16. The maximum Gasteiger partial charge on any atom is 0.336 e. The zero-order valence-corrected chi connectivity index (χ0v) is 18.2. The van der Waals surface area contributed by atoms with Crippen molar-refractivity contribution >= 4 is 11.9 Å². The second-order valence-corrected chi connectivity index (χ2v) is 8.11. The van der Waals surface area contributed by atoms with Crippen LogP contribution in [0.2, 0.25) is 0 Å². The van der Waals surface area contributed by atoms with Crippen LogP contribution in [0.4, 0.5) is 0 Å². The second-order valence-electron chi connectivity index (χ2n) is 8.11. The predicted molar refractivity (Wildman–Crippen MR) is 121 cm³/mol. The number of carbonyl (C=O) groups is 2. The summed E-state index contributed by atoms with van der Waals surface area (Å²) in [5.41, 5.74) is 2.65. The number of aromatic carboxylic acids is 2. The largest absolute Gasteiger partial charge is 0.478 e. The summed E-state index contributed by atoms with van der Waals surface area (Å²) in [6.07, 6.45) is 10.2. The third-order valence-electron chi connectivity index (χ3n) is 5.71. The number of hydrogen-bond donors (Lipinski definition) is 2. The van der Waals surface area contributed by atoms with E-state index in [4.69, 9.17) is 0 Å². The molecule has 0 heterocycles. The van der Waals surface area contributed by atoms with Crippen molar-refractivity contribution in [1.82, 2.24) is 0 Å². The molecule has 2 aromatic rings. The molecule has 0 saturated heterocycles. The summed E-state index contributed by atoms with van der Waals surface area (Å²) in [5, 5.41) is 19.5. The molecule has 0 radical (unpaired) electrons. The lowest BCUT2D eigenvalue weighted by Gasteiger charge is -2.22. The second kappa shape index (κ2) is 12.2. The lowest BCUT2D eigenvalue weighted by Crippen LogP contribution is -2.15. The fraction of sp³-hybridized carbons (Fsp3) is 0.462. The topological polar surface area (TPSA) is 74.6 Å². The van der Waals surface area contributed by atoms with Gasteiger partial charge in [-0.1, -0.05) is 94.2 Å². The van der Waals surface area contributed by atoms with Crippen molar-refractivity contribution in [1.29, 1.82) is 0 Å². The Hall–Kier alpha value is -2.62. The molecular formula is C26H34O4. The van der Waals surface area contributed by atoms with Crippen molar-refractivity contribution in [3.8, 4) is 0 Å². The van der Waals surface area contributed by atoms with Crippen molar-refractivity contribution in [2.45, 2.75) is 77.6 Å². The van der Waals surface area contributed by atoms with Gasteiger partial charge < -0.3 is 10.2 Å². The molecule has 0 aliphatic carbocycles. The van der Waals surface area contributed by atoms with Gasteiger partial charge in [0.1, 0.15) is 0 Å². The van der Waals surface area contributed by atoms with Crippen molar-refractivity contribution < 1.29 is 19.8 Å². The maximum absolute atomic E-state index is 11.9. The van der Waals surface area contributed by atoms with Crippen LogP contribution in [0.5, 0.6) is 0 Å². The molecule has 4 heteroatoms. The van der Waals surface area contributed by atoms with Gasteiger partial charge in [0, 0.05) is 5.92 Å². The van der Waals surface area contributed by atoms with Crippen molar-refractivity contribution in [3.05, 3.63) is 70.3 Å². The lowest BCUT2D eigenvalue weighted by atomic mass is 9.81. The molecule has 0 fully saturated rings. The van der Waals surface area contributed by atoms with Gasteiger partial charge >= 0.3 is 11.9 Å². The molecular weight excluding hydrogens is 376 g/mol. The summed E-state index contributed by atoms with van der Waals surface area (Å²) in [4.78, 5) is 23.8. The predicted octanol–water partition coefficient (Wildman–Crippen LogP) is 7.05. The van der Waals surface area contributed by atoms with Gasteiger partial charge in [0.05, 0.1) is 11.1 Å². The van der Waals surface area contributed by atoms with Crippen LogP contribution >= 0.6 is 0 Å². The van der Waals surface area contributed by atoms with E-state index in [1.807, 2.05) is 31.2 Å². The zero-order valence-electron chi connectivity index (χ0n) is 18.2. The zero-order chi connectivity index (χ0) is 21.9. The average molecular weight is 411 g/mol. The van der Waals surface area contributed by atoms with E-state index in [1.54, 1.807) is 0 Å². The Morgan fingerprint density at radius 1 is 0.800 bits per heavy atom. The van der Waals surface area contributed by atoms with Crippen LogP contribution in [0.1, 0.15) is 108 Å². The van der Waals surface area contributed by atoms with Crippen LogP contribution in [0.15, 0.2) is 42.5 Å². The van der Waals surface area contributed by atoms with Gasteiger partial charge in [-0.3, -0.25) is 0 Å². The standard InChI is InChI=1S/C26H34O4/c1-3-4-5-6-7-8-9-10-15-21(20-14-11-13-19(2)18-20)24-22(25(27)28)16-12-17-23(24)26(29)30/h11-14,16-18,21H,3-10,15H2,1-2H3,(H,27,28)(H,29,30). The highest BCUT2D eigenvalue weighted by Crippen LogP contribution is 2.35. The summed E-state index contributed by atoms with van der Waals surface area (Å²) < 4.78 is 0. The Balaban J connectivity index is 2.26. The third-order valence-corrected chi connectivity index (χ3v) is 5.71. The number of carboxylic acid groups (broad SMARTS) is 2. The molecule has 0 spiro atoms. The first-order valence-corrected chi connectivity index (χ1v) is 11.1. The van der Waals surface area contributed by atoms with Gasteiger partial charge in [0.15, 0.2) is 0 Å². The number of rotatable bonds is 13. The first-order chi connectivity index (χ1) is 14.5. The minimum absolute atomic E-state index is 0.0842. The van der Waals surface area contributed by atoms with Crippen molar-refractivity contribution in [2.75, 3.05) is 0 Å². The molecule has 0 aliphatic rings. The van der Waals surface area contributed by atoms with Gasteiger partial charge in [-0.05, 0) is 36.6 Å². The summed E-state index contributed by atoms with van der Waals surface area (Å²) in [5.74, 6) is -2.41. The molecule has 1 atom stereocenters. The lowest BCUT2D eigenvalue weighted by molar-refractivity contribution is 0.0694. The summed E-state index contributed by atoms with van der Waals surface area (Å²) in [7, 11) is 0. The highest BCUT2D eigenvalue weighted by molar-refractivity contribution is 5.97. The highest BCUT2D eigenvalue weighted by atomic mass is 16.4. The van der Waals surface area contributed by atoms with Crippen LogP contribution in [-0.4, -0.2) is 22.2 Å². The molecule has 0 saturated carbocycles. The Morgan fingerprint density at radius 2 is 1.33 bits per heavy atom. The molecule has 2 rings (SSSR count). The van der Waals surface area contributed by atoms with E-state index in [9.17, 15) is 19.8 Å². The number of aryl methyl sites for hydroxylation is 1. The normalized spacial score (nSPS) is 11.9. The molecule has 162 valence electrons. The number of unbranched alkanes of at least 4 members (excludes halogenated alkanes) is 7. The average Bonchev–Trinajstić information content (AvgIpc) is 2.72. The SMILES string of the molecule is CCCCCCCCCCC(c1cccc(C)c1)c1c(C(=O)O)cccc1C(=O)O. The molecule has 0 bridgehead atoms. The van der Waals surface area contributed by atoms with E-state index in [-0.39, 0.29) is 17.0 Å². The highest BCUT2D eigenvalue weighted by Gasteiger charge is 2.26. The van der Waals surface area contributed by atoms with Gasteiger partial charge in [0.2, 0.25) is 0 Å². The fourth-order valence-corrected chi connectivity index (χ4v) is 4.16. The Kier molecular flexibility index (Phi) is 9.59. The molecule has 2 N–H and O–H groups in total. The summed E-state index contributed by atoms with van der Waals surface area (Å²) in [6.45, 7) is 4.21. The first kappa shape index (κ1) is 23.7. The molecule has 0 aliphatic heterocycles. The van der Waals surface area contributed by atoms with E-state index in [0.29, 0.717) is 5.56 Å². The van der Waals surface area contributed by atoms with E-state index >= 15 is 0 Å². The smallest absolute Gasteiger partial charge is 0.336 e. The monoisotopic (exact) mass is 410 g/mol. The minimum atomic E-state index is -1.08. The van der Waals surface area contributed by atoms with Crippen LogP contribution in [-0.2, 0) is 0 Å². The van der Waals surface area contributed by atoms with Crippen molar-refractivity contribution in [3.63, 3.8) is 0 Å². The maximum atomic E-state index is 11.9. The van der Waals surface area contributed by atoms with Crippen LogP contribution in [0, 0.1) is 6.92 Å². The summed E-state index contributed by atoms with van der Waals surface area (Å²) >= 11 is 0. The van der Waals surface area contributed by atoms with Gasteiger partial charge in [-0.15, -0.1) is 0 Å². The van der Waals surface area contributed by atoms with Crippen LogP contribution < -0.4 is 0 Å². The van der Waals surface area contributed by atoms with E-state index in [2.05, 4.69) is 6.92 Å². The molecule has 0 aromatic heterocycles. The van der Waals surface area contributed by atoms with Crippen LogP contribution in [0.3, 0.4) is 0 Å². The van der Waals surface area contributed by atoms with E-state index in [0.717, 1.165) is 36.8 Å². The number of carboxylic acids is 2. The molecule has 1 unspecified atom stereocenters. The molecule has 2 aromatic carbocycles. The first-order valence-electron chi connectivity index (χ1n) is 11.1. The van der Waals surface area contributed by atoms with Crippen LogP contribution in [0.25, 0.3) is 0 Å².